The third-order valence-corrected chi connectivity index (χ3v) is 19.5. The molecular formula is C81H118N26. The van der Waals surface area contributed by atoms with E-state index in [4.69, 9.17) is 0 Å². The highest BCUT2D eigenvalue weighted by atomic mass is 15.5. The van der Waals surface area contributed by atoms with Crippen molar-refractivity contribution in [3.05, 3.63) is 131 Å². The second-order valence-corrected chi connectivity index (χ2v) is 30.3. The molecule has 0 aliphatic heterocycles. The van der Waals surface area contributed by atoms with Gasteiger partial charge >= 0.3 is 0 Å². The van der Waals surface area contributed by atoms with Gasteiger partial charge in [-0.05, 0) is 278 Å². The summed E-state index contributed by atoms with van der Waals surface area (Å²) in [5.74, 6) is 7.33. The van der Waals surface area contributed by atoms with Crippen molar-refractivity contribution in [1.29, 1.82) is 0 Å². The summed E-state index contributed by atoms with van der Waals surface area (Å²) in [6.07, 6.45) is 0. The molecule has 0 saturated heterocycles. The molecule has 14 aromatic heterocycles. The van der Waals surface area contributed by atoms with Crippen molar-refractivity contribution in [2.24, 2.45) is 0 Å². The summed E-state index contributed by atoms with van der Waals surface area (Å²) in [6.45, 7) is 76.5. The van der Waals surface area contributed by atoms with Crippen molar-refractivity contribution in [1.82, 2.24) is 127 Å². The van der Waals surface area contributed by atoms with E-state index >= 15 is 0 Å². The van der Waals surface area contributed by atoms with Gasteiger partial charge < -0.3 is 22.8 Å². The van der Waals surface area contributed by atoms with Crippen LogP contribution in [-0.2, 0) is 0 Å². The first-order valence-electron chi connectivity index (χ1n) is 37.5. The lowest BCUT2D eigenvalue weighted by atomic mass is 10.1. The number of hydrogen-bond donors (Lipinski definition) is 0. The summed E-state index contributed by atoms with van der Waals surface area (Å²) < 4.78 is 14.8. The number of rotatable bonds is 7. The van der Waals surface area contributed by atoms with Crippen LogP contribution < -0.4 is 0 Å². The van der Waals surface area contributed by atoms with Gasteiger partial charge in [-0.1, -0.05) is 5.21 Å². The Balaban J connectivity index is 0.000000158. The third kappa shape index (κ3) is 17.1. The standard InChI is InChI=1S/3C13H19N3.3C11H16N4.C9H13N5/c1-7(2)16-10(5)8(3)12-9(4)14-11(6)15-13(12)16;1-7(2)16-11(6)15-12-10(5)14-9(4)8(3)13(12)16;1-7(2)16-11(6)15-12-9(4)8(3)10(5)14-13(12)16;1-6(2)15-9(5)14-10-7(3)12-8(4)13-11(10)15;1-6(2)15-11-10(8(4)14-15)7(3)12-9(5)13-11;1-6(2)15-9(5)14-10-11(15)13-8(4)7(3)12-10;1-5(2)14-9-8(12-13-14)6(3)10-7(4)11-9/h3*7H,1-6H3;3*6H,1-5H3;5H,1-4H3. The van der Waals surface area contributed by atoms with E-state index in [1.54, 1.807) is 0 Å². The molecule has 26 nitrogen and oxygen atoms in total. The third-order valence-electron chi connectivity index (χ3n) is 19.5. The van der Waals surface area contributed by atoms with E-state index < -0.39 is 0 Å². The van der Waals surface area contributed by atoms with E-state index in [2.05, 4.69) is 277 Å². The van der Waals surface area contributed by atoms with Crippen LogP contribution in [0.2, 0.25) is 0 Å². The van der Waals surface area contributed by atoms with Crippen LogP contribution in [0.3, 0.4) is 0 Å². The predicted octanol–water partition coefficient (Wildman–Crippen LogP) is 18.2. The molecule has 0 N–H and O–H groups in total. The average Bonchev–Trinajstić information content (AvgIpc) is 1.64. The van der Waals surface area contributed by atoms with Gasteiger partial charge in [-0.3, -0.25) is 4.98 Å². The van der Waals surface area contributed by atoms with E-state index in [1.807, 2.05) is 106 Å². The fraction of sp³-hybridized carbons (Fsp3) is 0.543. The molecular weight excluding hydrogens is 1340 g/mol. The summed E-state index contributed by atoms with van der Waals surface area (Å²) >= 11 is 0. The van der Waals surface area contributed by atoms with Crippen molar-refractivity contribution < 1.29 is 0 Å². The zero-order valence-corrected chi connectivity index (χ0v) is 71.2. The topological polar surface area (TPSA) is 279 Å². The van der Waals surface area contributed by atoms with Crippen LogP contribution in [0.1, 0.15) is 271 Å². The van der Waals surface area contributed by atoms with Crippen LogP contribution in [0.4, 0.5) is 0 Å². The van der Waals surface area contributed by atoms with E-state index in [0.717, 1.165) is 171 Å². The molecule has 14 aromatic rings. The maximum Gasteiger partial charge on any atom is 0.197 e. The quantitative estimate of drug-likeness (QED) is 0.143. The van der Waals surface area contributed by atoms with Crippen molar-refractivity contribution in [2.45, 2.75) is 298 Å². The minimum atomic E-state index is 0.272. The van der Waals surface area contributed by atoms with Crippen LogP contribution in [0.25, 0.3) is 77.9 Å². The smallest absolute Gasteiger partial charge is 0.197 e. The average molecular weight is 1460 g/mol. The first-order valence-corrected chi connectivity index (χ1v) is 37.5. The molecule has 0 amide bonds. The fourth-order valence-corrected chi connectivity index (χ4v) is 14.1. The van der Waals surface area contributed by atoms with Crippen molar-refractivity contribution in [2.75, 3.05) is 0 Å². The molecule has 0 unspecified atom stereocenters. The predicted molar refractivity (Wildman–Crippen MR) is 433 cm³/mol. The van der Waals surface area contributed by atoms with Gasteiger partial charge in [0.05, 0.1) is 62.5 Å². The van der Waals surface area contributed by atoms with Crippen LogP contribution in [0, 0.1) is 159 Å². The minimum absolute atomic E-state index is 0.272. The number of aryl methyl sites for hydroxylation is 21. The van der Waals surface area contributed by atoms with Crippen molar-refractivity contribution in [3.8, 4) is 0 Å². The molecule has 0 spiro atoms. The highest BCUT2D eigenvalue weighted by Gasteiger charge is 2.22. The largest absolute Gasteiger partial charge is 0.327 e. The molecule has 0 atom stereocenters. The SMILES string of the molecule is Cc1nc(C)c2c(C)c(C)n(C(C)C)c2n1.Cc1nc(C)c2c(C)nn(C(C)C)c2n1.Cc1nc(C)c2nc(C)n(C(C)C)c2c1C.Cc1nc(C)c2nc(C)n(C(C)C)c2n1.Cc1nc(C)c2nnn(C(C)C)c2n1.Cc1nc2c(nc(C)n2C(C)C)c(C)c1C.Cc1nc2nc(C)n(C(C)C)c2nc1C. The van der Waals surface area contributed by atoms with Gasteiger partial charge in [-0.2, -0.15) is 5.10 Å². The lowest BCUT2D eigenvalue weighted by molar-refractivity contribution is 0.526. The summed E-state index contributed by atoms with van der Waals surface area (Å²) in [4.78, 5) is 71.7. The first-order chi connectivity index (χ1) is 49.9. The second-order valence-electron chi connectivity index (χ2n) is 30.3. The van der Waals surface area contributed by atoms with Crippen LogP contribution >= 0.6 is 0 Å². The number of hydrogen-bond acceptors (Lipinski definition) is 19. The normalized spacial score (nSPS) is 11.6. The Hall–Kier alpha value is -10.0. The molecule has 0 radical (unpaired) electrons. The lowest BCUT2D eigenvalue weighted by Gasteiger charge is -2.13. The lowest BCUT2D eigenvalue weighted by Crippen LogP contribution is -2.05. The zero-order valence-electron chi connectivity index (χ0n) is 71.2. The molecule has 0 bridgehead atoms. The number of fused-ring (bicyclic) bond motifs is 7. The maximum atomic E-state index is 4.68. The fourth-order valence-electron chi connectivity index (χ4n) is 14.1. The highest BCUT2D eigenvalue weighted by molar-refractivity contribution is 5.85. The molecule has 0 aliphatic rings. The van der Waals surface area contributed by atoms with E-state index in [0.29, 0.717) is 36.3 Å². The molecule has 572 valence electrons. The van der Waals surface area contributed by atoms with Gasteiger partial charge in [-0.15, -0.1) is 5.10 Å². The number of nitrogens with zero attached hydrogens (tertiary/aromatic N) is 26. The monoisotopic (exact) mass is 1460 g/mol. The second kappa shape index (κ2) is 33.0. The van der Waals surface area contributed by atoms with E-state index in [-0.39, 0.29) is 6.04 Å². The summed E-state index contributed by atoms with van der Waals surface area (Å²) in [7, 11) is 0. The molecule has 0 aromatic carbocycles. The highest BCUT2D eigenvalue weighted by Crippen LogP contribution is 2.32. The van der Waals surface area contributed by atoms with Gasteiger partial charge in [0.25, 0.3) is 0 Å². The van der Waals surface area contributed by atoms with Gasteiger partial charge in [0, 0.05) is 58.7 Å². The number of imidazole rings is 4. The molecule has 14 heterocycles. The Labute approximate surface area is 632 Å². The van der Waals surface area contributed by atoms with Gasteiger partial charge in [0.15, 0.2) is 39.4 Å². The molecule has 14 rings (SSSR count). The summed E-state index contributed by atoms with van der Waals surface area (Å²) in [5.41, 5.74) is 28.0. The minimum Gasteiger partial charge on any atom is -0.327 e. The molecule has 26 heteroatoms. The Kier molecular flexibility index (Phi) is 25.5. The van der Waals surface area contributed by atoms with Gasteiger partial charge in [0.2, 0.25) is 0 Å². The Morgan fingerprint density at radius 1 is 0.224 bits per heavy atom. The Morgan fingerprint density at radius 2 is 0.617 bits per heavy atom. The first kappa shape index (κ1) is 82.6. The zero-order chi connectivity index (χ0) is 79.9. The summed E-state index contributed by atoms with van der Waals surface area (Å²) in [6, 6.07) is 2.62. The Bertz CT molecular complexity index is 5560. The van der Waals surface area contributed by atoms with E-state index in [9.17, 15) is 0 Å². The van der Waals surface area contributed by atoms with Crippen molar-refractivity contribution >= 4 is 77.9 Å². The Morgan fingerprint density at radius 3 is 1.14 bits per heavy atom. The van der Waals surface area contributed by atoms with Gasteiger partial charge in [0.1, 0.15) is 68.8 Å². The van der Waals surface area contributed by atoms with E-state index in [1.165, 1.54) is 38.9 Å². The summed E-state index contributed by atoms with van der Waals surface area (Å²) in [5, 5.41) is 14.9. The van der Waals surface area contributed by atoms with Crippen LogP contribution in [-0.4, -0.2) is 127 Å². The van der Waals surface area contributed by atoms with Gasteiger partial charge in [-0.25, -0.2) is 84.1 Å². The number of pyridine rings is 2. The molecule has 0 fully saturated rings. The molecule has 0 aliphatic carbocycles. The van der Waals surface area contributed by atoms with Crippen molar-refractivity contribution in [3.63, 3.8) is 0 Å². The molecule has 0 saturated carbocycles. The van der Waals surface area contributed by atoms with Crippen LogP contribution in [0.15, 0.2) is 0 Å². The van der Waals surface area contributed by atoms with Crippen LogP contribution in [0.5, 0.6) is 0 Å². The number of aromatic nitrogens is 26. The maximum absolute atomic E-state index is 4.68. The molecule has 107 heavy (non-hydrogen) atoms.